The fourth-order valence-electron chi connectivity index (χ4n) is 3.60. The summed E-state index contributed by atoms with van der Waals surface area (Å²) in [5.41, 5.74) is 1.70. The van der Waals surface area contributed by atoms with Crippen LogP contribution in [0.4, 0.5) is 8.78 Å². The predicted molar refractivity (Wildman–Crippen MR) is 106 cm³/mol. The number of fused-ring (bicyclic) bond motifs is 3. The molecule has 0 spiro atoms. The number of nitrogens with one attached hydrogen (secondary N) is 1. The van der Waals surface area contributed by atoms with E-state index in [1.54, 1.807) is 12.1 Å². The van der Waals surface area contributed by atoms with Crippen LogP contribution in [-0.4, -0.2) is 16.1 Å². The largest absolute Gasteiger partial charge is 0.487 e. The average molecular weight is 409 g/mol. The molecule has 1 aliphatic heterocycles. The first-order valence-electron chi connectivity index (χ1n) is 9.49. The summed E-state index contributed by atoms with van der Waals surface area (Å²) in [6, 6.07) is 8.57. The van der Waals surface area contributed by atoms with Crippen LogP contribution in [0, 0.1) is 11.6 Å². The molecule has 0 atom stereocenters. The lowest BCUT2D eigenvalue weighted by molar-refractivity contribution is 0.300. The second kappa shape index (κ2) is 7.38. The molecule has 0 saturated heterocycles. The molecule has 1 N–H and O–H groups in total. The summed E-state index contributed by atoms with van der Waals surface area (Å²) >= 11 is 0. The Morgan fingerprint density at radius 1 is 1.20 bits per heavy atom. The van der Waals surface area contributed by atoms with Gasteiger partial charge < -0.3 is 14.5 Å². The van der Waals surface area contributed by atoms with Crippen LogP contribution in [0.1, 0.15) is 17.0 Å². The third-order valence-corrected chi connectivity index (χ3v) is 5.10. The topological polar surface area (TPSA) is 69.3 Å². The monoisotopic (exact) mass is 409 g/mol. The third kappa shape index (κ3) is 3.35. The SMILES string of the molecule is O=c1cc(OCc2ccc(F)cn2)ccn1-c1cc2oc3c(c2cc1F)CNCC3. The van der Waals surface area contributed by atoms with Gasteiger partial charge >= 0.3 is 0 Å². The second-order valence-corrected chi connectivity index (χ2v) is 7.06. The quantitative estimate of drug-likeness (QED) is 0.559. The third-order valence-electron chi connectivity index (χ3n) is 5.10. The van der Waals surface area contributed by atoms with Gasteiger partial charge in [-0.3, -0.25) is 14.3 Å². The highest BCUT2D eigenvalue weighted by Gasteiger charge is 2.20. The van der Waals surface area contributed by atoms with Crippen molar-refractivity contribution in [2.45, 2.75) is 19.6 Å². The van der Waals surface area contributed by atoms with Crippen LogP contribution in [0.3, 0.4) is 0 Å². The van der Waals surface area contributed by atoms with Crippen LogP contribution in [0.5, 0.6) is 5.75 Å². The Labute approximate surface area is 169 Å². The fraction of sp³-hybridized carbons (Fsp3) is 0.182. The van der Waals surface area contributed by atoms with Crippen molar-refractivity contribution in [1.82, 2.24) is 14.9 Å². The Morgan fingerprint density at radius 3 is 2.90 bits per heavy atom. The van der Waals surface area contributed by atoms with Crippen molar-refractivity contribution in [1.29, 1.82) is 0 Å². The first-order chi connectivity index (χ1) is 14.6. The highest BCUT2D eigenvalue weighted by molar-refractivity contribution is 5.84. The van der Waals surface area contributed by atoms with Gasteiger partial charge in [-0.15, -0.1) is 0 Å². The molecule has 1 aliphatic rings. The van der Waals surface area contributed by atoms with E-state index in [1.807, 2.05) is 0 Å². The van der Waals surface area contributed by atoms with Crippen molar-refractivity contribution >= 4 is 11.0 Å². The van der Waals surface area contributed by atoms with Crippen molar-refractivity contribution in [3.05, 3.63) is 87.8 Å². The number of rotatable bonds is 4. The van der Waals surface area contributed by atoms with E-state index >= 15 is 0 Å². The van der Waals surface area contributed by atoms with Crippen LogP contribution in [0.25, 0.3) is 16.7 Å². The zero-order valence-corrected chi connectivity index (χ0v) is 15.8. The van der Waals surface area contributed by atoms with E-state index in [0.29, 0.717) is 23.6 Å². The fourth-order valence-corrected chi connectivity index (χ4v) is 3.60. The average Bonchev–Trinajstić information content (AvgIpc) is 3.10. The summed E-state index contributed by atoms with van der Waals surface area (Å²) < 4.78 is 40.4. The van der Waals surface area contributed by atoms with Gasteiger partial charge in [-0.2, -0.15) is 0 Å². The first-order valence-corrected chi connectivity index (χ1v) is 9.49. The lowest BCUT2D eigenvalue weighted by atomic mass is 10.1. The van der Waals surface area contributed by atoms with Gasteiger partial charge in [0.25, 0.3) is 5.56 Å². The van der Waals surface area contributed by atoms with Crippen LogP contribution in [0.15, 0.2) is 58.0 Å². The molecule has 3 aromatic heterocycles. The van der Waals surface area contributed by atoms with E-state index < -0.39 is 17.2 Å². The smallest absolute Gasteiger partial charge is 0.258 e. The van der Waals surface area contributed by atoms with Crippen molar-refractivity contribution < 1.29 is 17.9 Å². The lowest BCUT2D eigenvalue weighted by Gasteiger charge is -2.11. The standard InChI is InChI=1S/C22H17F2N3O3/c23-13-1-2-14(26-10-13)12-29-15-4-6-27(22(28)7-15)19-9-21-16(8-18(19)24)17-11-25-5-3-20(17)30-21/h1-2,4,6-10,25H,3,5,11-12H2. The molecule has 152 valence electrons. The summed E-state index contributed by atoms with van der Waals surface area (Å²) in [5, 5.41) is 3.97. The van der Waals surface area contributed by atoms with Crippen molar-refractivity contribution in [3.63, 3.8) is 0 Å². The summed E-state index contributed by atoms with van der Waals surface area (Å²) in [7, 11) is 0. The molecule has 0 fully saturated rings. The number of benzene rings is 1. The number of nitrogens with zero attached hydrogens (tertiary/aromatic N) is 2. The van der Waals surface area contributed by atoms with E-state index in [4.69, 9.17) is 9.15 Å². The summed E-state index contributed by atoms with van der Waals surface area (Å²) in [6.45, 7) is 1.53. The van der Waals surface area contributed by atoms with Gasteiger partial charge in [0.05, 0.1) is 17.6 Å². The molecule has 1 aromatic carbocycles. The molecule has 0 unspecified atom stereocenters. The van der Waals surface area contributed by atoms with E-state index in [2.05, 4.69) is 10.3 Å². The van der Waals surface area contributed by atoms with E-state index in [-0.39, 0.29) is 12.3 Å². The van der Waals surface area contributed by atoms with Gasteiger partial charge in [0, 0.05) is 48.8 Å². The number of aromatic nitrogens is 2. The second-order valence-electron chi connectivity index (χ2n) is 7.06. The number of halogens is 2. The van der Waals surface area contributed by atoms with Gasteiger partial charge in [-0.25, -0.2) is 8.78 Å². The normalized spacial score (nSPS) is 13.4. The molecule has 4 aromatic rings. The molecule has 0 radical (unpaired) electrons. The highest BCUT2D eigenvalue weighted by atomic mass is 19.1. The van der Waals surface area contributed by atoms with Crippen LogP contribution < -0.4 is 15.6 Å². The van der Waals surface area contributed by atoms with E-state index in [0.717, 1.165) is 35.9 Å². The molecule has 0 aliphatic carbocycles. The maximum atomic E-state index is 14.8. The minimum atomic E-state index is -0.511. The van der Waals surface area contributed by atoms with Crippen LogP contribution in [-0.2, 0) is 19.6 Å². The number of ether oxygens (including phenoxy) is 1. The Kier molecular flexibility index (Phi) is 4.55. The molecule has 8 heteroatoms. The van der Waals surface area contributed by atoms with Crippen molar-refractivity contribution in [3.8, 4) is 11.4 Å². The Balaban J connectivity index is 1.44. The molecule has 6 nitrogen and oxygen atoms in total. The van der Waals surface area contributed by atoms with Crippen molar-refractivity contribution in [2.75, 3.05) is 6.54 Å². The molecule has 4 heterocycles. The first kappa shape index (κ1) is 18.5. The predicted octanol–water partition coefficient (Wildman–Crippen LogP) is 3.48. The molecule has 5 rings (SSSR count). The minimum Gasteiger partial charge on any atom is -0.487 e. The van der Waals surface area contributed by atoms with Gasteiger partial charge in [-0.1, -0.05) is 0 Å². The maximum absolute atomic E-state index is 14.8. The van der Waals surface area contributed by atoms with Gasteiger partial charge in [0.1, 0.15) is 35.3 Å². The van der Waals surface area contributed by atoms with E-state index in [1.165, 1.54) is 35.0 Å². The Bertz CT molecular complexity index is 1300. The molecular weight excluding hydrogens is 392 g/mol. The van der Waals surface area contributed by atoms with Crippen LogP contribution >= 0.6 is 0 Å². The highest BCUT2D eigenvalue weighted by Crippen LogP contribution is 2.31. The summed E-state index contributed by atoms with van der Waals surface area (Å²) in [4.78, 5) is 16.5. The van der Waals surface area contributed by atoms with Gasteiger partial charge in [0.2, 0.25) is 0 Å². The Hall–Kier alpha value is -3.52. The summed E-state index contributed by atoms with van der Waals surface area (Å²) in [6.07, 6.45) is 3.29. The molecule has 30 heavy (non-hydrogen) atoms. The summed E-state index contributed by atoms with van der Waals surface area (Å²) in [5.74, 6) is 0.214. The molecular formula is C22H17F2N3O3. The van der Waals surface area contributed by atoms with Crippen molar-refractivity contribution in [2.24, 2.45) is 0 Å². The van der Waals surface area contributed by atoms with Crippen LogP contribution in [0.2, 0.25) is 0 Å². The lowest BCUT2D eigenvalue weighted by Crippen LogP contribution is -2.22. The minimum absolute atomic E-state index is 0.0794. The molecule has 0 bridgehead atoms. The molecule has 0 saturated carbocycles. The van der Waals surface area contributed by atoms with Gasteiger partial charge in [-0.05, 0) is 24.3 Å². The molecule has 0 amide bonds. The maximum Gasteiger partial charge on any atom is 0.258 e. The number of hydrogen-bond acceptors (Lipinski definition) is 5. The van der Waals surface area contributed by atoms with Gasteiger partial charge in [0.15, 0.2) is 0 Å². The Morgan fingerprint density at radius 2 is 2.10 bits per heavy atom. The number of hydrogen-bond donors (Lipinski definition) is 1. The van der Waals surface area contributed by atoms with E-state index in [9.17, 15) is 13.6 Å². The zero-order chi connectivity index (χ0) is 20.7. The number of furan rings is 1. The number of pyridine rings is 2. The zero-order valence-electron chi connectivity index (χ0n) is 15.8.